The van der Waals surface area contributed by atoms with Crippen LogP contribution in [0.4, 0.5) is 5.69 Å². The number of benzene rings is 2. The van der Waals surface area contributed by atoms with Gasteiger partial charge >= 0.3 is 0 Å². The van der Waals surface area contributed by atoms with Crippen molar-refractivity contribution in [3.05, 3.63) is 77.1 Å². The third-order valence-electron chi connectivity index (χ3n) is 5.66. The lowest BCUT2D eigenvalue weighted by atomic mass is 10.0. The van der Waals surface area contributed by atoms with E-state index < -0.39 is 0 Å². The number of aromatic nitrogens is 2. The smallest absolute Gasteiger partial charge is 0.257 e. The maximum atomic E-state index is 12.5. The van der Waals surface area contributed by atoms with Crippen LogP contribution >= 0.6 is 0 Å². The lowest BCUT2D eigenvalue weighted by Crippen LogP contribution is -2.47. The Morgan fingerprint density at radius 1 is 0.968 bits per heavy atom. The van der Waals surface area contributed by atoms with Gasteiger partial charge in [0.25, 0.3) is 5.91 Å². The van der Waals surface area contributed by atoms with E-state index in [0.717, 1.165) is 47.7 Å². The second kappa shape index (κ2) is 9.04. The van der Waals surface area contributed by atoms with Crippen molar-refractivity contribution in [2.24, 2.45) is 0 Å². The first-order chi connectivity index (χ1) is 15.0. The van der Waals surface area contributed by atoms with Crippen LogP contribution in [-0.4, -0.2) is 34.7 Å². The molecule has 0 atom stereocenters. The van der Waals surface area contributed by atoms with Crippen LogP contribution in [0.25, 0.3) is 5.69 Å². The molecule has 0 spiro atoms. The van der Waals surface area contributed by atoms with Gasteiger partial charge in [0.2, 0.25) is 5.91 Å². The number of nitrogens with zero attached hydrogens (tertiary/aromatic N) is 3. The van der Waals surface area contributed by atoms with Crippen molar-refractivity contribution in [3.8, 4) is 5.69 Å². The number of aryl methyl sites for hydroxylation is 2. The Morgan fingerprint density at radius 2 is 1.68 bits per heavy atom. The highest BCUT2D eigenvalue weighted by Gasteiger charge is 2.20. The molecule has 7 heteroatoms. The largest absolute Gasteiger partial charge is 0.362 e. The number of amides is 2. The monoisotopic (exact) mass is 417 g/mol. The van der Waals surface area contributed by atoms with E-state index in [-0.39, 0.29) is 24.8 Å². The molecule has 0 bridgehead atoms. The molecule has 2 amide bonds. The van der Waals surface area contributed by atoms with Gasteiger partial charge in [-0.1, -0.05) is 36.4 Å². The molecule has 160 valence electrons. The summed E-state index contributed by atoms with van der Waals surface area (Å²) in [7, 11) is 0. The summed E-state index contributed by atoms with van der Waals surface area (Å²) in [4.78, 5) is 27.0. The summed E-state index contributed by atoms with van der Waals surface area (Å²) < 4.78 is 1.84. The fourth-order valence-corrected chi connectivity index (χ4v) is 4.08. The number of hydrogen-bond donors (Lipinski definition) is 2. The van der Waals surface area contributed by atoms with Crippen molar-refractivity contribution in [2.75, 3.05) is 18.0 Å². The van der Waals surface area contributed by atoms with Crippen molar-refractivity contribution in [3.63, 3.8) is 0 Å². The third-order valence-corrected chi connectivity index (χ3v) is 5.66. The number of nitrogens with one attached hydrogen (secondary N) is 2. The molecule has 0 saturated carbocycles. The Labute approximate surface area is 182 Å². The molecule has 0 radical (unpaired) electrons. The molecule has 7 nitrogen and oxygen atoms in total. The molecular weight excluding hydrogens is 390 g/mol. The van der Waals surface area contributed by atoms with E-state index in [4.69, 9.17) is 0 Å². The molecule has 0 aliphatic carbocycles. The maximum Gasteiger partial charge on any atom is 0.257 e. The minimum atomic E-state index is -0.272. The summed E-state index contributed by atoms with van der Waals surface area (Å²) in [6.07, 6.45) is 2.19. The summed E-state index contributed by atoms with van der Waals surface area (Å²) in [5, 5.41) is 4.57. The van der Waals surface area contributed by atoms with E-state index in [2.05, 4.69) is 26.9 Å². The minimum Gasteiger partial charge on any atom is -0.362 e. The van der Waals surface area contributed by atoms with E-state index in [1.54, 1.807) is 0 Å². The minimum absolute atomic E-state index is 0.150. The fraction of sp³-hybridized carbons (Fsp3) is 0.292. The van der Waals surface area contributed by atoms with Crippen molar-refractivity contribution < 1.29 is 9.59 Å². The van der Waals surface area contributed by atoms with Gasteiger partial charge in [-0.05, 0) is 50.5 Å². The van der Waals surface area contributed by atoms with Crippen molar-refractivity contribution in [1.82, 2.24) is 20.6 Å². The van der Waals surface area contributed by atoms with Gasteiger partial charge in [0.05, 0.1) is 24.3 Å². The number of hydrazine groups is 1. The van der Waals surface area contributed by atoms with Gasteiger partial charge in [0, 0.05) is 23.5 Å². The average Bonchev–Trinajstić information content (AvgIpc) is 3.07. The summed E-state index contributed by atoms with van der Waals surface area (Å²) in [5.41, 5.74) is 11.0. The van der Waals surface area contributed by atoms with Gasteiger partial charge < -0.3 is 4.90 Å². The molecule has 1 aliphatic heterocycles. The summed E-state index contributed by atoms with van der Waals surface area (Å²) in [5.74, 6) is -0.510. The number of rotatable bonds is 5. The SMILES string of the molecule is Cc1nn(-c2ccccc2)c(C)c1CC(=O)NNC(=O)CN1CCCc2ccccc21. The number of carbonyl (C=O) groups excluding carboxylic acids is 2. The second-order valence-corrected chi connectivity index (χ2v) is 7.82. The van der Waals surface area contributed by atoms with Crippen molar-refractivity contribution in [1.29, 1.82) is 0 Å². The molecule has 0 fully saturated rings. The first kappa shape index (κ1) is 20.7. The molecule has 4 rings (SSSR count). The second-order valence-electron chi connectivity index (χ2n) is 7.82. The molecule has 2 N–H and O–H groups in total. The van der Waals surface area contributed by atoms with E-state index in [9.17, 15) is 9.59 Å². The van der Waals surface area contributed by atoms with Crippen LogP contribution in [0, 0.1) is 13.8 Å². The molecule has 1 aromatic heterocycles. The summed E-state index contributed by atoms with van der Waals surface area (Å²) in [6.45, 7) is 4.88. The Hall–Kier alpha value is -3.61. The zero-order valence-electron chi connectivity index (χ0n) is 17.9. The van der Waals surface area contributed by atoms with Crippen molar-refractivity contribution >= 4 is 17.5 Å². The van der Waals surface area contributed by atoms with Crippen LogP contribution in [0.1, 0.15) is 28.9 Å². The standard InChI is InChI=1S/C24H27N5O2/c1-17-21(18(2)29(27-17)20-11-4-3-5-12-20)15-23(30)25-26-24(31)16-28-14-8-10-19-9-6-7-13-22(19)28/h3-7,9,11-13H,8,10,14-16H2,1-2H3,(H,25,30)(H,26,31). The normalized spacial score (nSPS) is 12.9. The van der Waals surface area contributed by atoms with E-state index in [0.29, 0.717) is 0 Å². The zero-order valence-corrected chi connectivity index (χ0v) is 17.9. The molecule has 2 heterocycles. The summed E-state index contributed by atoms with van der Waals surface area (Å²) >= 11 is 0. The van der Waals surface area contributed by atoms with Crippen LogP contribution in [-0.2, 0) is 22.4 Å². The number of hydrogen-bond acceptors (Lipinski definition) is 4. The van der Waals surface area contributed by atoms with Crippen LogP contribution in [0.5, 0.6) is 0 Å². The first-order valence-electron chi connectivity index (χ1n) is 10.5. The van der Waals surface area contributed by atoms with Crippen molar-refractivity contribution in [2.45, 2.75) is 33.1 Å². The van der Waals surface area contributed by atoms with E-state index in [1.807, 2.05) is 67.1 Å². The highest BCUT2D eigenvalue weighted by Crippen LogP contribution is 2.26. The van der Waals surface area contributed by atoms with E-state index >= 15 is 0 Å². The molecular formula is C24H27N5O2. The summed E-state index contributed by atoms with van der Waals surface area (Å²) in [6, 6.07) is 17.9. The Balaban J connectivity index is 1.34. The quantitative estimate of drug-likeness (QED) is 0.626. The predicted molar refractivity (Wildman–Crippen MR) is 120 cm³/mol. The van der Waals surface area contributed by atoms with Crippen LogP contribution in [0.3, 0.4) is 0 Å². The fourth-order valence-electron chi connectivity index (χ4n) is 4.08. The molecule has 2 aromatic carbocycles. The topological polar surface area (TPSA) is 79.3 Å². The zero-order chi connectivity index (χ0) is 21.8. The average molecular weight is 418 g/mol. The van der Waals surface area contributed by atoms with Gasteiger partial charge in [0.1, 0.15) is 0 Å². The van der Waals surface area contributed by atoms with Crippen LogP contribution in [0.2, 0.25) is 0 Å². The van der Waals surface area contributed by atoms with Gasteiger partial charge in [-0.2, -0.15) is 5.10 Å². The maximum absolute atomic E-state index is 12.5. The Morgan fingerprint density at radius 3 is 2.48 bits per heavy atom. The molecule has 0 unspecified atom stereocenters. The Bertz CT molecular complexity index is 1090. The highest BCUT2D eigenvalue weighted by atomic mass is 16.2. The van der Waals surface area contributed by atoms with Gasteiger partial charge in [0.15, 0.2) is 0 Å². The van der Waals surface area contributed by atoms with Crippen LogP contribution < -0.4 is 15.8 Å². The Kier molecular flexibility index (Phi) is 6.02. The number of para-hydroxylation sites is 2. The highest BCUT2D eigenvalue weighted by molar-refractivity contribution is 5.86. The number of anilines is 1. The van der Waals surface area contributed by atoms with Gasteiger partial charge in [-0.15, -0.1) is 0 Å². The number of fused-ring (bicyclic) bond motifs is 1. The first-order valence-corrected chi connectivity index (χ1v) is 10.5. The lowest BCUT2D eigenvalue weighted by Gasteiger charge is -2.30. The third kappa shape index (κ3) is 4.60. The van der Waals surface area contributed by atoms with Gasteiger partial charge in [-0.3, -0.25) is 20.4 Å². The number of carbonyl (C=O) groups is 2. The molecule has 1 aliphatic rings. The molecule has 31 heavy (non-hydrogen) atoms. The molecule has 3 aromatic rings. The lowest BCUT2D eigenvalue weighted by molar-refractivity contribution is -0.127. The molecule has 0 saturated heterocycles. The van der Waals surface area contributed by atoms with Crippen LogP contribution in [0.15, 0.2) is 54.6 Å². The predicted octanol–water partition coefficient (Wildman–Crippen LogP) is 2.63. The van der Waals surface area contributed by atoms with E-state index in [1.165, 1.54) is 5.56 Å². The van der Waals surface area contributed by atoms with Gasteiger partial charge in [-0.25, -0.2) is 4.68 Å².